The van der Waals surface area contributed by atoms with E-state index in [2.05, 4.69) is 48.7 Å². The van der Waals surface area contributed by atoms with Crippen molar-refractivity contribution in [1.29, 1.82) is 0 Å². The smallest absolute Gasteiger partial charge is 0.322 e. The lowest BCUT2D eigenvalue weighted by molar-refractivity contribution is 0.243. The van der Waals surface area contributed by atoms with E-state index >= 15 is 0 Å². The van der Waals surface area contributed by atoms with Crippen LogP contribution in [0.15, 0.2) is 48.5 Å². The van der Waals surface area contributed by atoms with Gasteiger partial charge in [0.15, 0.2) is 0 Å². The second kappa shape index (κ2) is 14.2. The summed E-state index contributed by atoms with van der Waals surface area (Å²) in [6.45, 7) is 5.77. The first-order valence-corrected chi connectivity index (χ1v) is 14.9. The normalized spacial score (nSPS) is 17.8. The Morgan fingerprint density at radius 1 is 0.684 bits per heavy atom. The van der Waals surface area contributed by atoms with Gasteiger partial charge in [0.25, 0.3) is 0 Å². The number of hydrogen-bond donors (Lipinski definition) is 2. The molecular formula is C32H46N4O2. The van der Waals surface area contributed by atoms with Crippen molar-refractivity contribution in [3.05, 3.63) is 59.7 Å². The summed E-state index contributed by atoms with van der Waals surface area (Å²) in [4.78, 5) is 29.4. The van der Waals surface area contributed by atoms with Crippen LogP contribution >= 0.6 is 0 Å². The van der Waals surface area contributed by atoms with Gasteiger partial charge in [-0.2, -0.15) is 0 Å². The van der Waals surface area contributed by atoms with E-state index in [0.29, 0.717) is 0 Å². The highest BCUT2D eigenvalue weighted by atomic mass is 16.2. The van der Waals surface area contributed by atoms with Gasteiger partial charge in [0.1, 0.15) is 0 Å². The minimum absolute atomic E-state index is 0.0362. The van der Waals surface area contributed by atoms with Gasteiger partial charge < -0.3 is 10.6 Å². The lowest BCUT2D eigenvalue weighted by Crippen LogP contribution is -2.44. The fraction of sp³-hybridized carbons (Fsp3) is 0.562. The highest BCUT2D eigenvalue weighted by molar-refractivity contribution is 5.95. The number of rotatable bonds is 13. The number of fused-ring (bicyclic) bond motifs is 2. The van der Waals surface area contributed by atoms with Gasteiger partial charge in [-0.1, -0.05) is 88.3 Å². The third-order valence-corrected chi connectivity index (χ3v) is 8.09. The van der Waals surface area contributed by atoms with E-state index in [1.54, 1.807) is 0 Å². The minimum atomic E-state index is 0.0362. The number of urea groups is 2. The summed E-state index contributed by atoms with van der Waals surface area (Å²) in [5, 5.41) is 6.26. The molecule has 0 spiro atoms. The molecule has 4 amide bonds. The van der Waals surface area contributed by atoms with E-state index in [1.165, 1.54) is 43.2 Å². The first-order valence-electron chi connectivity index (χ1n) is 14.9. The summed E-state index contributed by atoms with van der Waals surface area (Å²) in [5.74, 6) is 0. The zero-order valence-corrected chi connectivity index (χ0v) is 23.4. The number of anilines is 2. The van der Waals surface area contributed by atoms with Crippen molar-refractivity contribution < 1.29 is 9.59 Å². The highest BCUT2D eigenvalue weighted by Gasteiger charge is 2.32. The standard InChI is InChI=1S/C32H46N4O2/c1-3-28-24-27-18-12-14-20-30(27)36(28)32(38)34-22-16-10-8-6-4-5-7-9-15-21-33-31(37)35-25(2)23-26-17-11-13-19-29(26)35/h11-14,17-20,25,28H,3-10,15-16,21-24H2,1-2H3,(H,33,37)(H,34,38). The molecule has 0 radical (unpaired) electrons. The number of amides is 4. The molecule has 6 nitrogen and oxygen atoms in total. The summed E-state index contributed by atoms with van der Waals surface area (Å²) in [6.07, 6.45) is 13.5. The Labute approximate surface area is 229 Å². The Bertz CT molecular complexity index is 1060. The van der Waals surface area contributed by atoms with Crippen LogP contribution in [0.1, 0.15) is 89.2 Å². The first kappa shape index (κ1) is 28.0. The van der Waals surface area contributed by atoms with E-state index in [4.69, 9.17) is 0 Å². The maximum Gasteiger partial charge on any atom is 0.322 e. The molecule has 0 saturated heterocycles. The minimum Gasteiger partial charge on any atom is -0.338 e. The number of carbonyl (C=O) groups excluding carboxylic acids is 2. The molecule has 2 aromatic carbocycles. The molecule has 4 rings (SSSR count). The molecule has 206 valence electrons. The van der Waals surface area contributed by atoms with E-state index in [-0.39, 0.29) is 24.1 Å². The average molecular weight is 519 g/mol. The molecule has 0 bridgehead atoms. The summed E-state index contributed by atoms with van der Waals surface area (Å²) in [6, 6.07) is 17.1. The maximum absolute atomic E-state index is 12.8. The lowest BCUT2D eigenvalue weighted by Gasteiger charge is -2.25. The van der Waals surface area contributed by atoms with Crippen LogP contribution in [0, 0.1) is 0 Å². The summed E-state index contributed by atoms with van der Waals surface area (Å²) < 4.78 is 0. The zero-order valence-electron chi connectivity index (χ0n) is 23.4. The number of carbonyl (C=O) groups is 2. The van der Waals surface area contributed by atoms with Crippen molar-refractivity contribution in [2.75, 3.05) is 22.9 Å². The number of benzene rings is 2. The number of nitrogens with one attached hydrogen (secondary N) is 2. The molecule has 2 aromatic rings. The van der Waals surface area contributed by atoms with Crippen molar-refractivity contribution in [3.8, 4) is 0 Å². The lowest BCUT2D eigenvalue weighted by atomic mass is 10.1. The molecule has 0 aliphatic carbocycles. The van der Waals surface area contributed by atoms with Crippen LogP contribution in [0.2, 0.25) is 0 Å². The Balaban J connectivity index is 0.979. The SMILES string of the molecule is CCC1Cc2ccccc2N1C(=O)NCCCCCCCCCCCNC(=O)N1c2ccccc2CC1C. The molecule has 2 heterocycles. The van der Waals surface area contributed by atoms with Crippen molar-refractivity contribution >= 4 is 23.4 Å². The summed E-state index contributed by atoms with van der Waals surface area (Å²) >= 11 is 0. The van der Waals surface area contributed by atoms with Crippen LogP contribution in [0.3, 0.4) is 0 Å². The monoisotopic (exact) mass is 518 g/mol. The molecule has 38 heavy (non-hydrogen) atoms. The van der Waals surface area contributed by atoms with Gasteiger partial charge in [0, 0.05) is 36.5 Å². The summed E-state index contributed by atoms with van der Waals surface area (Å²) in [5.41, 5.74) is 4.67. The van der Waals surface area contributed by atoms with Gasteiger partial charge in [-0.15, -0.1) is 0 Å². The van der Waals surface area contributed by atoms with Crippen LogP contribution in [-0.2, 0) is 12.8 Å². The molecule has 2 aliphatic heterocycles. The van der Waals surface area contributed by atoms with Crippen LogP contribution < -0.4 is 20.4 Å². The first-order chi connectivity index (χ1) is 18.6. The van der Waals surface area contributed by atoms with E-state index in [9.17, 15) is 9.59 Å². The molecule has 2 aliphatic rings. The third kappa shape index (κ3) is 7.09. The van der Waals surface area contributed by atoms with Crippen molar-refractivity contribution in [1.82, 2.24) is 10.6 Å². The fourth-order valence-corrected chi connectivity index (χ4v) is 5.99. The van der Waals surface area contributed by atoms with Crippen molar-refractivity contribution in [2.45, 2.75) is 103 Å². The second-order valence-electron chi connectivity index (χ2n) is 11.0. The molecular weight excluding hydrogens is 472 g/mol. The molecule has 2 unspecified atom stereocenters. The molecule has 2 atom stereocenters. The van der Waals surface area contributed by atoms with E-state index in [1.807, 2.05) is 34.1 Å². The van der Waals surface area contributed by atoms with Gasteiger partial charge in [-0.05, 0) is 62.3 Å². The van der Waals surface area contributed by atoms with Crippen LogP contribution in [-0.4, -0.2) is 37.2 Å². The largest absolute Gasteiger partial charge is 0.338 e. The number of hydrogen-bond acceptors (Lipinski definition) is 2. The van der Waals surface area contributed by atoms with Crippen LogP contribution in [0.25, 0.3) is 0 Å². The van der Waals surface area contributed by atoms with E-state index in [0.717, 1.165) is 69.4 Å². The number of nitrogens with zero attached hydrogens (tertiary/aromatic N) is 2. The Morgan fingerprint density at radius 2 is 1.13 bits per heavy atom. The van der Waals surface area contributed by atoms with E-state index < -0.39 is 0 Å². The summed E-state index contributed by atoms with van der Waals surface area (Å²) in [7, 11) is 0. The molecule has 0 aromatic heterocycles. The van der Waals surface area contributed by atoms with Crippen molar-refractivity contribution in [3.63, 3.8) is 0 Å². The Morgan fingerprint density at radius 3 is 1.68 bits per heavy atom. The van der Waals surface area contributed by atoms with Crippen LogP contribution in [0.4, 0.5) is 21.0 Å². The predicted octanol–water partition coefficient (Wildman–Crippen LogP) is 7.21. The zero-order chi connectivity index (χ0) is 26.7. The van der Waals surface area contributed by atoms with Gasteiger partial charge in [0.2, 0.25) is 0 Å². The number of unbranched alkanes of at least 4 members (excludes halogenated alkanes) is 8. The molecule has 0 fully saturated rings. The second-order valence-corrected chi connectivity index (χ2v) is 11.0. The molecule has 6 heteroatoms. The number of para-hydroxylation sites is 2. The topological polar surface area (TPSA) is 64.7 Å². The molecule has 0 saturated carbocycles. The average Bonchev–Trinajstić information content (AvgIpc) is 3.47. The maximum atomic E-state index is 12.8. The fourth-order valence-electron chi connectivity index (χ4n) is 5.99. The Kier molecular flexibility index (Phi) is 10.5. The van der Waals surface area contributed by atoms with Gasteiger partial charge >= 0.3 is 12.1 Å². The van der Waals surface area contributed by atoms with Gasteiger partial charge in [0.05, 0.1) is 0 Å². The third-order valence-electron chi connectivity index (χ3n) is 8.09. The molecule has 2 N–H and O–H groups in total. The predicted molar refractivity (Wildman–Crippen MR) is 157 cm³/mol. The van der Waals surface area contributed by atoms with Gasteiger partial charge in [-0.25, -0.2) is 9.59 Å². The Hall–Kier alpha value is -3.02. The quantitative estimate of drug-likeness (QED) is 0.275. The highest BCUT2D eigenvalue weighted by Crippen LogP contribution is 2.33. The van der Waals surface area contributed by atoms with Gasteiger partial charge in [-0.3, -0.25) is 9.80 Å². The van der Waals surface area contributed by atoms with Crippen LogP contribution in [0.5, 0.6) is 0 Å². The van der Waals surface area contributed by atoms with Crippen molar-refractivity contribution in [2.24, 2.45) is 0 Å².